The van der Waals surface area contributed by atoms with Gasteiger partial charge in [-0.05, 0) is 17.7 Å². The molecule has 1 aromatic carbocycles. The summed E-state index contributed by atoms with van der Waals surface area (Å²) in [6, 6.07) is 6.45. The van der Waals surface area contributed by atoms with Gasteiger partial charge >= 0.3 is 5.97 Å². The minimum atomic E-state index is -0.481. The zero-order valence-corrected chi connectivity index (χ0v) is 8.97. The lowest BCUT2D eigenvalue weighted by Gasteiger charge is -2.00. The molecule has 84 valence electrons. The molecule has 0 fully saturated rings. The quantitative estimate of drug-likeness (QED) is 0.445. The summed E-state index contributed by atoms with van der Waals surface area (Å²) in [7, 11) is 1.28. The van der Waals surface area contributed by atoms with Gasteiger partial charge in [-0.15, -0.1) is 0 Å². The van der Waals surface area contributed by atoms with E-state index in [-0.39, 0.29) is 5.70 Å². The predicted molar refractivity (Wildman–Crippen MR) is 58.4 cm³/mol. The summed E-state index contributed by atoms with van der Waals surface area (Å²) in [4.78, 5) is 21.2. The lowest BCUT2D eigenvalue weighted by molar-refractivity contribution is -0.422. The van der Waals surface area contributed by atoms with Crippen LogP contribution in [-0.2, 0) is 4.74 Å². The number of hydrogen-bond donors (Lipinski definition) is 0. The van der Waals surface area contributed by atoms with E-state index in [1.54, 1.807) is 24.3 Å². The first-order valence-corrected chi connectivity index (χ1v) is 4.55. The van der Waals surface area contributed by atoms with Gasteiger partial charge in [-0.3, -0.25) is 10.1 Å². The zero-order chi connectivity index (χ0) is 12.1. The smallest absolute Gasteiger partial charge is 0.337 e. The van der Waals surface area contributed by atoms with Crippen molar-refractivity contribution in [3.05, 3.63) is 51.2 Å². The lowest BCUT2D eigenvalue weighted by atomic mass is 10.1. The van der Waals surface area contributed by atoms with E-state index in [2.05, 4.69) is 4.74 Å². The van der Waals surface area contributed by atoms with Crippen LogP contribution in [0.15, 0.2) is 30.0 Å². The average Bonchev–Trinajstić information content (AvgIpc) is 2.28. The Kier molecular flexibility index (Phi) is 3.77. The Hall–Kier alpha value is -2.17. The number of rotatable bonds is 3. The third-order valence-corrected chi connectivity index (χ3v) is 1.97. The monoisotopic (exact) mass is 221 g/mol. The van der Waals surface area contributed by atoms with Gasteiger partial charge in [0.05, 0.1) is 17.6 Å². The zero-order valence-electron chi connectivity index (χ0n) is 8.97. The first kappa shape index (κ1) is 11.9. The van der Waals surface area contributed by atoms with Gasteiger partial charge in [-0.1, -0.05) is 12.1 Å². The van der Waals surface area contributed by atoms with Gasteiger partial charge in [-0.2, -0.15) is 0 Å². The molecule has 0 N–H and O–H groups in total. The Balaban J connectivity index is 3.04. The highest BCUT2D eigenvalue weighted by atomic mass is 16.6. The molecule has 0 aliphatic rings. The van der Waals surface area contributed by atoms with E-state index in [0.29, 0.717) is 11.1 Å². The van der Waals surface area contributed by atoms with Crippen LogP contribution in [0, 0.1) is 10.1 Å². The highest BCUT2D eigenvalue weighted by Crippen LogP contribution is 2.10. The molecule has 5 heteroatoms. The molecule has 0 saturated carbocycles. The van der Waals surface area contributed by atoms with Crippen molar-refractivity contribution >= 4 is 12.0 Å². The maximum Gasteiger partial charge on any atom is 0.337 e. The van der Waals surface area contributed by atoms with Crippen molar-refractivity contribution in [3.63, 3.8) is 0 Å². The second-order valence-electron chi connectivity index (χ2n) is 3.16. The first-order chi connectivity index (χ1) is 7.54. The van der Waals surface area contributed by atoms with Crippen LogP contribution >= 0.6 is 0 Å². The normalized spacial score (nSPS) is 11.0. The van der Waals surface area contributed by atoms with Crippen LogP contribution in [0.2, 0.25) is 0 Å². The van der Waals surface area contributed by atoms with Gasteiger partial charge in [0.25, 0.3) is 0 Å². The minimum absolute atomic E-state index is 0.0158. The number of hydrogen-bond acceptors (Lipinski definition) is 4. The van der Waals surface area contributed by atoms with E-state index < -0.39 is 10.9 Å². The summed E-state index contributed by atoms with van der Waals surface area (Å²) in [6.07, 6.45) is 1.40. The molecule has 16 heavy (non-hydrogen) atoms. The van der Waals surface area contributed by atoms with Gasteiger partial charge in [0.2, 0.25) is 5.70 Å². The van der Waals surface area contributed by atoms with Crippen LogP contribution in [0.25, 0.3) is 6.08 Å². The predicted octanol–water partition coefficient (Wildman–Crippen LogP) is 2.11. The van der Waals surface area contributed by atoms with Crippen LogP contribution < -0.4 is 0 Å². The molecule has 0 aliphatic heterocycles. The summed E-state index contributed by atoms with van der Waals surface area (Å²) in [6.45, 7) is 1.39. The summed E-state index contributed by atoms with van der Waals surface area (Å²) in [5, 5.41) is 10.4. The van der Waals surface area contributed by atoms with Crippen LogP contribution in [0.4, 0.5) is 0 Å². The molecule has 5 nitrogen and oxygen atoms in total. The van der Waals surface area contributed by atoms with Crippen molar-refractivity contribution in [1.82, 2.24) is 0 Å². The SMILES string of the molecule is COC(=O)c1cccc(/C=C(/C)[N+](=O)[O-])c1. The standard InChI is InChI=1S/C11H11NO4/c1-8(12(14)15)6-9-4-3-5-10(7-9)11(13)16-2/h3-7H,1-2H3/b8-6-. The summed E-state index contributed by atoms with van der Waals surface area (Å²) in [5.74, 6) is -0.464. The number of esters is 1. The molecule has 0 bridgehead atoms. The van der Waals surface area contributed by atoms with Crippen molar-refractivity contribution in [2.75, 3.05) is 7.11 Å². The van der Waals surface area contributed by atoms with E-state index in [0.717, 1.165) is 0 Å². The Labute approximate surface area is 92.5 Å². The molecule has 0 unspecified atom stereocenters. The number of methoxy groups -OCH3 is 1. The highest BCUT2D eigenvalue weighted by molar-refractivity contribution is 5.90. The maximum absolute atomic E-state index is 11.2. The second kappa shape index (κ2) is 5.06. The fourth-order valence-electron chi connectivity index (χ4n) is 1.17. The molecule has 0 radical (unpaired) electrons. The van der Waals surface area contributed by atoms with E-state index in [1.807, 2.05) is 0 Å². The fraction of sp³-hybridized carbons (Fsp3) is 0.182. The van der Waals surface area contributed by atoms with E-state index in [4.69, 9.17) is 0 Å². The summed E-state index contributed by atoms with van der Waals surface area (Å²) < 4.78 is 4.55. The molecule has 1 rings (SSSR count). The Bertz CT molecular complexity index is 451. The van der Waals surface area contributed by atoms with Crippen molar-refractivity contribution in [2.45, 2.75) is 6.92 Å². The van der Waals surface area contributed by atoms with E-state index >= 15 is 0 Å². The van der Waals surface area contributed by atoms with Crippen LogP contribution in [0.5, 0.6) is 0 Å². The third-order valence-electron chi connectivity index (χ3n) is 1.97. The topological polar surface area (TPSA) is 69.4 Å². The van der Waals surface area contributed by atoms with Crippen LogP contribution in [-0.4, -0.2) is 18.0 Å². The van der Waals surface area contributed by atoms with Crippen LogP contribution in [0.3, 0.4) is 0 Å². The molecular weight excluding hydrogens is 210 g/mol. The van der Waals surface area contributed by atoms with Gasteiger partial charge < -0.3 is 4.74 Å². The van der Waals surface area contributed by atoms with Crippen LogP contribution in [0.1, 0.15) is 22.8 Å². The Morgan fingerprint density at radius 2 is 2.19 bits per heavy atom. The number of allylic oxidation sites excluding steroid dienone is 1. The van der Waals surface area contributed by atoms with Gasteiger partial charge in [0.1, 0.15) is 0 Å². The number of nitro groups is 1. The largest absolute Gasteiger partial charge is 0.465 e. The Morgan fingerprint density at radius 3 is 2.75 bits per heavy atom. The van der Waals surface area contributed by atoms with Crippen molar-refractivity contribution in [2.24, 2.45) is 0 Å². The molecule has 0 heterocycles. The summed E-state index contributed by atoms with van der Waals surface area (Å²) >= 11 is 0. The van der Waals surface area contributed by atoms with Gasteiger partial charge in [0, 0.05) is 13.0 Å². The van der Waals surface area contributed by atoms with Crippen molar-refractivity contribution in [1.29, 1.82) is 0 Å². The highest BCUT2D eigenvalue weighted by Gasteiger charge is 2.06. The van der Waals surface area contributed by atoms with Gasteiger partial charge in [0.15, 0.2) is 0 Å². The Morgan fingerprint density at radius 1 is 1.50 bits per heavy atom. The molecular formula is C11H11NO4. The van der Waals surface area contributed by atoms with Crippen molar-refractivity contribution in [3.8, 4) is 0 Å². The van der Waals surface area contributed by atoms with Gasteiger partial charge in [-0.25, -0.2) is 4.79 Å². The number of ether oxygens (including phenoxy) is 1. The molecule has 1 aromatic rings. The molecule has 0 aliphatic carbocycles. The summed E-state index contributed by atoms with van der Waals surface area (Å²) in [5.41, 5.74) is 0.978. The number of benzene rings is 1. The second-order valence-corrected chi connectivity index (χ2v) is 3.16. The van der Waals surface area contributed by atoms with E-state index in [1.165, 1.54) is 20.1 Å². The molecule has 0 aromatic heterocycles. The third kappa shape index (κ3) is 2.91. The molecule has 0 saturated heterocycles. The van der Waals surface area contributed by atoms with E-state index in [9.17, 15) is 14.9 Å². The molecule has 0 atom stereocenters. The fourth-order valence-corrected chi connectivity index (χ4v) is 1.17. The molecule has 0 amide bonds. The molecule has 0 spiro atoms. The van der Waals surface area contributed by atoms with Crippen molar-refractivity contribution < 1.29 is 14.5 Å². The first-order valence-electron chi connectivity index (χ1n) is 4.55. The number of carbonyl (C=O) groups is 1. The lowest BCUT2D eigenvalue weighted by Crippen LogP contribution is -2.01. The average molecular weight is 221 g/mol. The maximum atomic E-state index is 11.2. The number of nitrogens with zero attached hydrogens (tertiary/aromatic N) is 1. The number of carbonyl (C=O) groups excluding carboxylic acids is 1. The minimum Gasteiger partial charge on any atom is -0.465 e.